The first-order valence-corrected chi connectivity index (χ1v) is 10.9. The quantitative estimate of drug-likeness (QED) is 0.723. The molecule has 1 aliphatic heterocycles. The van der Waals surface area contributed by atoms with Crippen molar-refractivity contribution >= 4 is 15.7 Å². The van der Waals surface area contributed by atoms with E-state index < -0.39 is 10.0 Å². The fourth-order valence-corrected chi connectivity index (χ4v) is 4.98. The topological polar surface area (TPSA) is 73.2 Å². The molecule has 0 radical (unpaired) electrons. The Morgan fingerprint density at radius 3 is 2.64 bits per heavy atom. The second-order valence-electron chi connectivity index (χ2n) is 7.68. The Kier molecular flexibility index (Phi) is 5.08. The Bertz CT molecular complexity index is 757. The molecule has 6 heteroatoms. The highest BCUT2D eigenvalue weighted by atomic mass is 32.2. The van der Waals surface area contributed by atoms with Gasteiger partial charge in [0.25, 0.3) is 0 Å². The molecule has 0 amide bonds. The van der Waals surface area contributed by atoms with Crippen LogP contribution in [-0.2, 0) is 15.4 Å². The Labute approximate surface area is 151 Å². The van der Waals surface area contributed by atoms with Crippen LogP contribution in [-0.4, -0.2) is 39.2 Å². The summed E-state index contributed by atoms with van der Waals surface area (Å²) in [4.78, 5) is 2.54. The summed E-state index contributed by atoms with van der Waals surface area (Å²) in [7, 11) is -3.24. The summed E-state index contributed by atoms with van der Waals surface area (Å²) in [6.07, 6.45) is 5.17. The zero-order chi connectivity index (χ0) is 18.1. The van der Waals surface area contributed by atoms with Gasteiger partial charge in [0.1, 0.15) is 0 Å². The average molecular weight is 362 g/mol. The van der Waals surface area contributed by atoms with Crippen molar-refractivity contribution in [2.45, 2.75) is 38.0 Å². The predicted octanol–water partition coefficient (Wildman–Crippen LogP) is 2.96. The smallest absolute Gasteiger partial charge is 0.229 e. The molecule has 2 atom stereocenters. The SMILES string of the molecule is CC1(c2cccc(NS(C)(=O)=O)c2)C2CN(CCCCCC#N)CC21. The molecule has 0 aromatic heterocycles. The number of unbranched alkanes of at least 4 members (excludes halogenated alkanes) is 3. The van der Waals surface area contributed by atoms with Gasteiger partial charge in [-0.1, -0.05) is 25.5 Å². The highest BCUT2D eigenvalue weighted by Crippen LogP contribution is 2.63. The third kappa shape index (κ3) is 3.99. The van der Waals surface area contributed by atoms with E-state index in [9.17, 15) is 8.42 Å². The zero-order valence-corrected chi connectivity index (χ0v) is 15.8. The van der Waals surface area contributed by atoms with E-state index in [0.29, 0.717) is 23.9 Å². The first-order chi connectivity index (χ1) is 11.8. The maximum atomic E-state index is 11.4. The fraction of sp³-hybridized carbons (Fsp3) is 0.632. The summed E-state index contributed by atoms with van der Waals surface area (Å²) >= 11 is 0. The van der Waals surface area contributed by atoms with Crippen LogP contribution in [0.4, 0.5) is 5.69 Å². The summed E-state index contributed by atoms with van der Waals surface area (Å²) in [6, 6.07) is 10.1. The largest absolute Gasteiger partial charge is 0.303 e. The molecule has 2 fully saturated rings. The molecule has 1 aliphatic carbocycles. The van der Waals surface area contributed by atoms with Crippen LogP contribution in [0.1, 0.15) is 38.2 Å². The van der Waals surface area contributed by atoms with Crippen molar-refractivity contribution in [3.05, 3.63) is 29.8 Å². The molecule has 1 aromatic carbocycles. The lowest BCUT2D eigenvalue weighted by Crippen LogP contribution is -2.29. The van der Waals surface area contributed by atoms with Crippen molar-refractivity contribution in [3.8, 4) is 6.07 Å². The molecule has 5 nitrogen and oxygen atoms in total. The van der Waals surface area contributed by atoms with Crippen LogP contribution in [0, 0.1) is 23.2 Å². The Hall–Kier alpha value is -1.58. The van der Waals surface area contributed by atoms with E-state index in [1.54, 1.807) is 6.07 Å². The van der Waals surface area contributed by atoms with Crippen molar-refractivity contribution in [1.82, 2.24) is 4.90 Å². The molecule has 0 spiro atoms. The van der Waals surface area contributed by atoms with Gasteiger partial charge in [-0.25, -0.2) is 8.42 Å². The van der Waals surface area contributed by atoms with Crippen LogP contribution >= 0.6 is 0 Å². The lowest BCUT2D eigenvalue weighted by atomic mass is 9.92. The van der Waals surface area contributed by atoms with Gasteiger partial charge in [-0.15, -0.1) is 0 Å². The summed E-state index contributed by atoms with van der Waals surface area (Å²) in [5.41, 5.74) is 2.07. The molecule has 136 valence electrons. The lowest BCUT2D eigenvalue weighted by molar-refractivity contribution is 0.271. The van der Waals surface area contributed by atoms with Crippen molar-refractivity contribution in [3.63, 3.8) is 0 Å². The van der Waals surface area contributed by atoms with Gasteiger partial charge < -0.3 is 4.90 Å². The monoisotopic (exact) mass is 361 g/mol. The van der Waals surface area contributed by atoms with Gasteiger partial charge >= 0.3 is 0 Å². The van der Waals surface area contributed by atoms with E-state index in [1.807, 2.05) is 12.1 Å². The number of nitriles is 1. The number of nitrogens with one attached hydrogen (secondary N) is 1. The Morgan fingerprint density at radius 1 is 1.28 bits per heavy atom. The number of nitrogens with zero attached hydrogens (tertiary/aromatic N) is 2. The Balaban J connectivity index is 1.55. The van der Waals surface area contributed by atoms with Gasteiger partial charge in [0, 0.05) is 30.6 Å². The minimum Gasteiger partial charge on any atom is -0.303 e. The van der Waals surface area contributed by atoms with Gasteiger partial charge in [0.2, 0.25) is 10.0 Å². The van der Waals surface area contributed by atoms with Crippen molar-refractivity contribution in [2.24, 2.45) is 11.8 Å². The fourth-order valence-electron chi connectivity index (χ4n) is 4.42. The minimum absolute atomic E-state index is 0.173. The number of sulfonamides is 1. The molecule has 1 aromatic rings. The minimum atomic E-state index is -3.24. The lowest BCUT2D eigenvalue weighted by Gasteiger charge is -2.24. The molecule has 2 unspecified atom stereocenters. The number of anilines is 1. The van der Waals surface area contributed by atoms with Gasteiger partial charge in [0.15, 0.2) is 0 Å². The van der Waals surface area contributed by atoms with Crippen LogP contribution in [0.5, 0.6) is 0 Å². The molecule has 3 rings (SSSR count). The molecule has 1 saturated carbocycles. The first kappa shape index (κ1) is 18.2. The molecule has 1 N–H and O–H groups in total. The Morgan fingerprint density at radius 2 is 2.00 bits per heavy atom. The van der Waals surface area contributed by atoms with Gasteiger partial charge in [-0.3, -0.25) is 4.72 Å². The third-order valence-electron chi connectivity index (χ3n) is 5.88. The summed E-state index contributed by atoms with van der Waals surface area (Å²) in [6.45, 7) is 5.70. The molecule has 1 saturated heterocycles. The van der Waals surface area contributed by atoms with E-state index in [4.69, 9.17) is 5.26 Å². The van der Waals surface area contributed by atoms with E-state index >= 15 is 0 Å². The second kappa shape index (κ2) is 6.97. The summed E-state index contributed by atoms with van der Waals surface area (Å²) in [5.74, 6) is 1.33. The predicted molar refractivity (Wildman–Crippen MR) is 99.8 cm³/mol. The van der Waals surface area contributed by atoms with Crippen molar-refractivity contribution < 1.29 is 8.42 Å². The number of rotatable bonds is 8. The van der Waals surface area contributed by atoms with E-state index in [2.05, 4.69) is 28.7 Å². The van der Waals surface area contributed by atoms with Crippen LogP contribution in [0.2, 0.25) is 0 Å². The van der Waals surface area contributed by atoms with Crippen LogP contribution in [0.25, 0.3) is 0 Å². The molecule has 25 heavy (non-hydrogen) atoms. The summed E-state index contributed by atoms with van der Waals surface area (Å²) < 4.78 is 25.5. The van der Waals surface area contributed by atoms with Gasteiger partial charge in [-0.2, -0.15) is 5.26 Å². The molecule has 1 heterocycles. The van der Waals surface area contributed by atoms with E-state index in [-0.39, 0.29) is 5.41 Å². The number of likely N-dealkylation sites (tertiary alicyclic amines) is 1. The van der Waals surface area contributed by atoms with Gasteiger partial charge in [-0.05, 0) is 48.9 Å². The number of piperidine rings is 1. The maximum absolute atomic E-state index is 11.4. The van der Waals surface area contributed by atoms with Crippen LogP contribution in [0.3, 0.4) is 0 Å². The molecule has 0 bridgehead atoms. The molecular formula is C19H27N3O2S. The van der Waals surface area contributed by atoms with E-state index in [0.717, 1.165) is 32.5 Å². The highest BCUT2D eigenvalue weighted by Gasteiger charge is 2.65. The molecule has 2 aliphatic rings. The number of hydrogen-bond acceptors (Lipinski definition) is 4. The van der Waals surface area contributed by atoms with Crippen molar-refractivity contribution in [2.75, 3.05) is 30.6 Å². The zero-order valence-electron chi connectivity index (χ0n) is 15.0. The normalized spacial score (nSPS) is 28.4. The van der Waals surface area contributed by atoms with E-state index in [1.165, 1.54) is 18.2 Å². The van der Waals surface area contributed by atoms with Gasteiger partial charge in [0.05, 0.1) is 12.3 Å². The van der Waals surface area contributed by atoms with Crippen molar-refractivity contribution in [1.29, 1.82) is 5.26 Å². The number of hydrogen-bond donors (Lipinski definition) is 1. The standard InChI is InChI=1S/C19H27N3O2S/c1-19(15-8-7-9-16(12-15)21-25(2,23)24)17-13-22(14-18(17)19)11-6-4-3-5-10-20/h7-9,12,17-18,21H,3-6,11,13-14H2,1-2H3. The van der Waals surface area contributed by atoms with Crippen LogP contribution in [0.15, 0.2) is 24.3 Å². The highest BCUT2D eigenvalue weighted by molar-refractivity contribution is 7.92. The second-order valence-corrected chi connectivity index (χ2v) is 9.43. The summed E-state index contributed by atoms with van der Waals surface area (Å²) in [5, 5.41) is 8.57. The average Bonchev–Trinajstić information content (AvgIpc) is 2.91. The molecular weight excluding hydrogens is 334 g/mol. The third-order valence-corrected chi connectivity index (χ3v) is 6.48. The number of benzene rings is 1. The maximum Gasteiger partial charge on any atom is 0.229 e. The first-order valence-electron chi connectivity index (χ1n) is 9.02. The number of fused-ring (bicyclic) bond motifs is 1. The van der Waals surface area contributed by atoms with Crippen LogP contribution < -0.4 is 4.72 Å².